The summed E-state index contributed by atoms with van der Waals surface area (Å²) < 4.78 is 5.31. The molecule has 0 aromatic heterocycles. The molecule has 1 aliphatic heterocycles. The lowest BCUT2D eigenvalue weighted by molar-refractivity contribution is -0.130. The molecular formula is C18H27N3O3. The van der Waals surface area contributed by atoms with Crippen LogP contribution in [-0.2, 0) is 11.2 Å². The lowest BCUT2D eigenvalue weighted by atomic mass is 10.1. The number of ether oxygens (including phenoxy) is 1. The fraction of sp³-hybridized carbons (Fsp3) is 0.556. The number of amides is 3. The first-order chi connectivity index (χ1) is 11.6. The maximum atomic E-state index is 12.1. The molecule has 0 unspecified atom stereocenters. The SMILES string of the molecule is COc1ccccc1CCN(C)C(=O)NCC(=O)N1CCCCC1. The van der Waals surface area contributed by atoms with Crippen molar-refractivity contribution >= 4 is 11.9 Å². The van der Waals surface area contributed by atoms with Crippen LogP contribution in [0, 0.1) is 0 Å². The van der Waals surface area contributed by atoms with E-state index in [9.17, 15) is 9.59 Å². The van der Waals surface area contributed by atoms with Gasteiger partial charge >= 0.3 is 6.03 Å². The molecule has 3 amide bonds. The van der Waals surface area contributed by atoms with Crippen LogP contribution in [0.1, 0.15) is 24.8 Å². The van der Waals surface area contributed by atoms with Gasteiger partial charge in [0.15, 0.2) is 0 Å². The molecular weight excluding hydrogens is 306 g/mol. The van der Waals surface area contributed by atoms with Crippen LogP contribution in [0.5, 0.6) is 5.75 Å². The topological polar surface area (TPSA) is 61.9 Å². The minimum atomic E-state index is -0.227. The quantitative estimate of drug-likeness (QED) is 0.865. The highest BCUT2D eigenvalue weighted by molar-refractivity contribution is 5.84. The highest BCUT2D eigenvalue weighted by Gasteiger charge is 2.18. The van der Waals surface area contributed by atoms with E-state index in [0.717, 1.165) is 37.2 Å². The summed E-state index contributed by atoms with van der Waals surface area (Å²) in [5.74, 6) is 0.827. The number of benzene rings is 1. The van der Waals surface area contributed by atoms with Gasteiger partial charge in [0, 0.05) is 26.7 Å². The second kappa shape index (κ2) is 9.15. The molecule has 0 saturated carbocycles. The van der Waals surface area contributed by atoms with Gasteiger partial charge in [-0.2, -0.15) is 0 Å². The number of likely N-dealkylation sites (tertiary alicyclic amines) is 1. The number of para-hydroxylation sites is 1. The van der Waals surface area contributed by atoms with Crippen molar-refractivity contribution in [2.75, 3.05) is 40.3 Å². The second-order valence-electron chi connectivity index (χ2n) is 6.08. The summed E-state index contributed by atoms with van der Waals surface area (Å²) in [6.45, 7) is 2.23. The molecule has 6 nitrogen and oxygen atoms in total. The van der Waals surface area contributed by atoms with E-state index in [4.69, 9.17) is 4.74 Å². The molecule has 24 heavy (non-hydrogen) atoms. The fourth-order valence-electron chi connectivity index (χ4n) is 2.84. The molecule has 1 saturated heterocycles. The number of urea groups is 1. The maximum Gasteiger partial charge on any atom is 0.317 e. The Balaban J connectivity index is 1.74. The van der Waals surface area contributed by atoms with Gasteiger partial charge in [-0.05, 0) is 37.3 Å². The molecule has 132 valence electrons. The molecule has 1 heterocycles. The van der Waals surface area contributed by atoms with E-state index >= 15 is 0 Å². The summed E-state index contributed by atoms with van der Waals surface area (Å²) in [4.78, 5) is 27.6. The Hall–Kier alpha value is -2.24. The number of hydrogen-bond donors (Lipinski definition) is 1. The first kappa shape index (κ1) is 18.1. The average molecular weight is 333 g/mol. The summed E-state index contributed by atoms with van der Waals surface area (Å²) in [7, 11) is 3.37. The van der Waals surface area contributed by atoms with E-state index in [2.05, 4.69) is 5.32 Å². The third kappa shape index (κ3) is 5.15. The van der Waals surface area contributed by atoms with Gasteiger partial charge in [0.25, 0.3) is 0 Å². The van der Waals surface area contributed by atoms with Gasteiger partial charge in [-0.25, -0.2) is 4.79 Å². The van der Waals surface area contributed by atoms with Crippen molar-refractivity contribution in [3.63, 3.8) is 0 Å². The molecule has 1 aromatic rings. The Bertz CT molecular complexity index is 556. The van der Waals surface area contributed by atoms with Crippen molar-refractivity contribution in [1.29, 1.82) is 0 Å². The van der Waals surface area contributed by atoms with Crippen molar-refractivity contribution in [2.45, 2.75) is 25.7 Å². The first-order valence-corrected chi connectivity index (χ1v) is 8.50. The fourth-order valence-corrected chi connectivity index (χ4v) is 2.84. The van der Waals surface area contributed by atoms with Gasteiger partial charge in [0.05, 0.1) is 13.7 Å². The molecule has 6 heteroatoms. The third-order valence-electron chi connectivity index (χ3n) is 4.36. The van der Waals surface area contributed by atoms with Crippen molar-refractivity contribution in [1.82, 2.24) is 15.1 Å². The number of rotatable bonds is 6. The van der Waals surface area contributed by atoms with Gasteiger partial charge < -0.3 is 19.9 Å². The smallest absolute Gasteiger partial charge is 0.317 e. The number of carbonyl (C=O) groups excluding carboxylic acids is 2. The number of nitrogens with one attached hydrogen (secondary N) is 1. The molecule has 1 aromatic carbocycles. The Labute approximate surface area is 143 Å². The van der Waals surface area contributed by atoms with E-state index < -0.39 is 0 Å². The summed E-state index contributed by atoms with van der Waals surface area (Å²) in [5, 5.41) is 2.71. The van der Waals surface area contributed by atoms with E-state index in [1.165, 1.54) is 6.42 Å². The Morgan fingerprint density at radius 3 is 2.62 bits per heavy atom. The number of hydrogen-bond acceptors (Lipinski definition) is 3. The van der Waals surface area contributed by atoms with E-state index in [1.807, 2.05) is 29.2 Å². The molecule has 1 aliphatic rings. The Morgan fingerprint density at radius 2 is 1.92 bits per heavy atom. The van der Waals surface area contributed by atoms with Crippen molar-refractivity contribution in [3.05, 3.63) is 29.8 Å². The predicted molar refractivity (Wildman–Crippen MR) is 93.2 cm³/mol. The van der Waals surface area contributed by atoms with Gasteiger partial charge in [-0.15, -0.1) is 0 Å². The summed E-state index contributed by atoms with van der Waals surface area (Å²) in [6.07, 6.45) is 3.99. The molecule has 2 rings (SSSR count). The van der Waals surface area contributed by atoms with Crippen LogP contribution in [0.4, 0.5) is 4.79 Å². The summed E-state index contributed by atoms with van der Waals surface area (Å²) in [5.41, 5.74) is 1.06. The number of methoxy groups -OCH3 is 1. The standard InChI is InChI=1S/C18H27N3O3/c1-20(13-10-15-8-4-5-9-16(15)24-2)18(23)19-14-17(22)21-11-6-3-7-12-21/h4-5,8-9H,3,6-7,10-14H2,1-2H3,(H,19,23). The molecule has 0 bridgehead atoms. The molecule has 1 fully saturated rings. The number of nitrogens with zero attached hydrogens (tertiary/aromatic N) is 2. The minimum absolute atomic E-state index is 0.00109. The van der Waals surface area contributed by atoms with Crippen LogP contribution in [0.2, 0.25) is 0 Å². The van der Waals surface area contributed by atoms with Crippen molar-refractivity contribution in [2.24, 2.45) is 0 Å². The number of piperidine rings is 1. The van der Waals surface area contributed by atoms with Crippen LogP contribution >= 0.6 is 0 Å². The second-order valence-corrected chi connectivity index (χ2v) is 6.08. The first-order valence-electron chi connectivity index (χ1n) is 8.50. The number of carbonyl (C=O) groups is 2. The van der Waals surface area contributed by atoms with Gasteiger partial charge in [-0.1, -0.05) is 18.2 Å². The highest BCUT2D eigenvalue weighted by Crippen LogP contribution is 2.17. The van der Waals surface area contributed by atoms with Gasteiger partial charge in [0.2, 0.25) is 5.91 Å². The molecule has 0 atom stereocenters. The number of likely N-dealkylation sites (N-methyl/N-ethyl adjacent to an activating group) is 1. The monoisotopic (exact) mass is 333 g/mol. The Kier molecular flexibility index (Phi) is 6.90. The van der Waals surface area contributed by atoms with Crippen LogP contribution < -0.4 is 10.1 Å². The predicted octanol–water partition coefficient (Wildman–Crippen LogP) is 1.89. The van der Waals surface area contributed by atoms with Crippen molar-refractivity contribution in [3.8, 4) is 5.75 Å². The molecule has 0 aliphatic carbocycles. The van der Waals surface area contributed by atoms with Gasteiger partial charge in [0.1, 0.15) is 5.75 Å². The van der Waals surface area contributed by atoms with E-state index in [1.54, 1.807) is 19.1 Å². The Morgan fingerprint density at radius 1 is 1.21 bits per heavy atom. The maximum absolute atomic E-state index is 12.1. The zero-order valence-corrected chi connectivity index (χ0v) is 14.6. The van der Waals surface area contributed by atoms with Crippen LogP contribution in [0.15, 0.2) is 24.3 Å². The van der Waals surface area contributed by atoms with Crippen LogP contribution in [0.3, 0.4) is 0 Å². The van der Waals surface area contributed by atoms with E-state index in [0.29, 0.717) is 13.0 Å². The largest absolute Gasteiger partial charge is 0.496 e. The molecule has 0 radical (unpaired) electrons. The third-order valence-corrected chi connectivity index (χ3v) is 4.36. The van der Waals surface area contributed by atoms with E-state index in [-0.39, 0.29) is 18.5 Å². The lowest BCUT2D eigenvalue weighted by Gasteiger charge is -2.27. The zero-order chi connectivity index (χ0) is 17.4. The summed E-state index contributed by atoms with van der Waals surface area (Å²) in [6, 6.07) is 7.55. The summed E-state index contributed by atoms with van der Waals surface area (Å²) >= 11 is 0. The van der Waals surface area contributed by atoms with Crippen LogP contribution in [-0.4, -0.2) is 62.1 Å². The molecule has 0 spiro atoms. The lowest BCUT2D eigenvalue weighted by Crippen LogP contribution is -2.46. The highest BCUT2D eigenvalue weighted by atomic mass is 16.5. The van der Waals surface area contributed by atoms with Crippen LogP contribution in [0.25, 0.3) is 0 Å². The van der Waals surface area contributed by atoms with Gasteiger partial charge in [-0.3, -0.25) is 4.79 Å². The molecule has 1 N–H and O–H groups in total. The normalized spacial score (nSPS) is 14.2. The van der Waals surface area contributed by atoms with Crippen molar-refractivity contribution < 1.29 is 14.3 Å². The zero-order valence-electron chi connectivity index (χ0n) is 14.6. The minimum Gasteiger partial charge on any atom is -0.496 e. The average Bonchev–Trinajstić information content (AvgIpc) is 2.64.